The molecule has 198 valence electrons. The second-order valence-corrected chi connectivity index (χ2v) is 10.6. The van der Waals surface area contributed by atoms with Gasteiger partial charge in [-0.05, 0) is 48.2 Å². The number of aromatic carboxylic acids is 3. The largest absolute Gasteiger partial charge is 0.478 e. The van der Waals surface area contributed by atoms with Gasteiger partial charge in [0.1, 0.15) is 5.01 Å². The summed E-state index contributed by atoms with van der Waals surface area (Å²) >= 11 is 9.20. The predicted molar refractivity (Wildman–Crippen MR) is 151 cm³/mol. The zero-order chi connectivity index (χ0) is 28.1. The molecule has 0 radical (unpaired) electrons. The van der Waals surface area contributed by atoms with Gasteiger partial charge in [-0.2, -0.15) is 0 Å². The molecule has 39 heavy (non-hydrogen) atoms. The minimum absolute atomic E-state index is 0.0535. The molecule has 2 aromatic carbocycles. The van der Waals surface area contributed by atoms with Crippen molar-refractivity contribution in [1.29, 1.82) is 0 Å². The Bertz CT molecular complexity index is 1620. The van der Waals surface area contributed by atoms with E-state index in [1.165, 1.54) is 35.3 Å². The lowest BCUT2D eigenvalue weighted by Gasteiger charge is -2.08. The molecule has 0 unspecified atom stereocenters. The Morgan fingerprint density at radius 2 is 1.62 bits per heavy atom. The van der Waals surface area contributed by atoms with Crippen LogP contribution in [0, 0.1) is 6.92 Å². The van der Waals surface area contributed by atoms with Crippen molar-refractivity contribution in [2.24, 2.45) is 0 Å². The molecule has 8 nitrogen and oxygen atoms in total. The van der Waals surface area contributed by atoms with E-state index in [2.05, 4.69) is 4.98 Å². The van der Waals surface area contributed by atoms with Crippen LogP contribution in [-0.2, 0) is 6.54 Å². The van der Waals surface area contributed by atoms with Crippen LogP contribution < -0.4 is 0 Å². The highest BCUT2D eigenvalue weighted by atomic mass is 35.5. The van der Waals surface area contributed by atoms with Gasteiger partial charge in [0, 0.05) is 33.8 Å². The zero-order valence-corrected chi connectivity index (χ0v) is 22.8. The molecule has 0 aliphatic rings. The lowest BCUT2D eigenvalue weighted by atomic mass is 9.97. The molecule has 0 aliphatic carbocycles. The molecule has 0 spiro atoms. The van der Waals surface area contributed by atoms with Crippen molar-refractivity contribution in [3.8, 4) is 21.8 Å². The van der Waals surface area contributed by atoms with Crippen LogP contribution in [0.2, 0.25) is 5.02 Å². The maximum absolute atomic E-state index is 11.4. The van der Waals surface area contributed by atoms with Crippen molar-refractivity contribution in [1.82, 2.24) is 9.55 Å². The molecule has 11 heteroatoms. The Morgan fingerprint density at radius 1 is 0.923 bits per heavy atom. The fraction of sp³-hybridized carbons (Fsp3) is 0.0714. The van der Waals surface area contributed by atoms with E-state index >= 15 is 0 Å². The number of aromatic nitrogens is 2. The third-order valence-corrected chi connectivity index (χ3v) is 7.75. The summed E-state index contributed by atoms with van der Waals surface area (Å²) in [4.78, 5) is 39.2. The van der Waals surface area contributed by atoms with Gasteiger partial charge >= 0.3 is 17.9 Å². The summed E-state index contributed by atoms with van der Waals surface area (Å²) in [5, 5.41) is 32.4. The maximum atomic E-state index is 11.4. The topological polar surface area (TPSA) is 130 Å². The smallest absolute Gasteiger partial charge is 0.337 e. The summed E-state index contributed by atoms with van der Waals surface area (Å²) in [5.41, 5.74) is 2.15. The highest BCUT2D eigenvalue weighted by Gasteiger charge is 2.19. The molecule has 3 heterocycles. The van der Waals surface area contributed by atoms with Gasteiger partial charge in [-0.3, -0.25) is 0 Å². The number of thiophene rings is 1. The number of nitrogens with zero attached hydrogens (tertiary/aromatic N) is 2. The molecular formula is C28H21ClN2O6S2. The standard InChI is InChI=1S/C18H12ClNO4S.C10H9NO2S/c1-9-12(17(21)22)6-10(7-13(9)18(23)24)15-8-25-16(20-15)11-4-2-3-5-14(11)19;12-10(13)8-3-4-11(6-8)7-9-2-1-5-14-9/h2-8H,1H3,(H,21,22)(H,23,24);1-6H,7H2,(H,12,13). The van der Waals surface area contributed by atoms with Gasteiger partial charge in [0.25, 0.3) is 0 Å². The van der Waals surface area contributed by atoms with Gasteiger partial charge in [0.15, 0.2) is 0 Å². The number of carboxylic acids is 3. The summed E-state index contributed by atoms with van der Waals surface area (Å²) in [6.45, 7) is 2.22. The van der Waals surface area contributed by atoms with Gasteiger partial charge in [-0.1, -0.05) is 35.9 Å². The number of rotatable bonds is 7. The van der Waals surface area contributed by atoms with Crippen molar-refractivity contribution in [3.05, 3.63) is 110 Å². The summed E-state index contributed by atoms with van der Waals surface area (Å²) in [6.07, 6.45) is 3.42. The van der Waals surface area contributed by atoms with E-state index < -0.39 is 17.9 Å². The van der Waals surface area contributed by atoms with Gasteiger partial charge in [-0.25, -0.2) is 19.4 Å². The second-order valence-electron chi connectivity index (χ2n) is 8.28. The predicted octanol–water partition coefficient (Wildman–Crippen LogP) is 7.13. The lowest BCUT2D eigenvalue weighted by Crippen LogP contribution is -2.07. The number of hydrogen-bond acceptors (Lipinski definition) is 6. The van der Waals surface area contributed by atoms with Crippen LogP contribution in [-0.4, -0.2) is 42.8 Å². The number of carbonyl (C=O) groups is 3. The first-order valence-corrected chi connectivity index (χ1v) is 13.5. The van der Waals surface area contributed by atoms with Gasteiger partial charge in [0.2, 0.25) is 0 Å². The molecule has 0 saturated heterocycles. The van der Waals surface area contributed by atoms with E-state index in [0.717, 1.165) is 12.1 Å². The van der Waals surface area contributed by atoms with Crippen LogP contribution in [0.5, 0.6) is 0 Å². The molecule has 0 saturated carbocycles. The number of halogens is 1. The average Bonchev–Trinajstić information content (AvgIpc) is 3.67. The molecule has 0 atom stereocenters. The summed E-state index contributed by atoms with van der Waals surface area (Å²) in [7, 11) is 0. The van der Waals surface area contributed by atoms with Crippen molar-refractivity contribution < 1.29 is 29.7 Å². The van der Waals surface area contributed by atoms with E-state index in [1.54, 1.807) is 41.2 Å². The maximum Gasteiger partial charge on any atom is 0.337 e. The summed E-state index contributed by atoms with van der Waals surface area (Å²) in [6, 6.07) is 15.8. The minimum Gasteiger partial charge on any atom is -0.478 e. The molecule has 0 aliphatic heterocycles. The Labute approximate surface area is 236 Å². The Kier molecular flexibility index (Phi) is 8.60. The monoisotopic (exact) mass is 580 g/mol. The first-order valence-electron chi connectivity index (χ1n) is 11.4. The molecule has 5 aromatic rings. The van der Waals surface area contributed by atoms with Crippen molar-refractivity contribution in [2.45, 2.75) is 13.5 Å². The fourth-order valence-electron chi connectivity index (χ4n) is 3.72. The van der Waals surface area contributed by atoms with E-state index in [0.29, 0.717) is 26.9 Å². The molecule has 3 aromatic heterocycles. The molecule has 0 amide bonds. The normalized spacial score (nSPS) is 10.5. The van der Waals surface area contributed by atoms with E-state index in [9.17, 15) is 24.6 Å². The molecule has 3 N–H and O–H groups in total. The van der Waals surface area contributed by atoms with Crippen molar-refractivity contribution in [3.63, 3.8) is 0 Å². The van der Waals surface area contributed by atoms with E-state index in [1.807, 2.05) is 40.3 Å². The SMILES string of the molecule is Cc1c(C(=O)O)cc(-c2csc(-c3ccccc3Cl)n2)cc1C(=O)O.O=C(O)c1ccn(Cc2cccs2)c1. The van der Waals surface area contributed by atoms with Gasteiger partial charge in [-0.15, -0.1) is 22.7 Å². The number of hydrogen-bond donors (Lipinski definition) is 3. The van der Waals surface area contributed by atoms with Crippen LogP contribution in [0.4, 0.5) is 0 Å². The molecule has 5 rings (SSSR count). The summed E-state index contributed by atoms with van der Waals surface area (Å²) in [5.74, 6) is -3.23. The Morgan fingerprint density at radius 3 is 2.18 bits per heavy atom. The molecular weight excluding hydrogens is 560 g/mol. The third kappa shape index (κ3) is 6.61. The summed E-state index contributed by atoms with van der Waals surface area (Å²) < 4.78 is 1.87. The third-order valence-electron chi connectivity index (χ3n) is 5.69. The second kappa shape index (κ2) is 12.1. The van der Waals surface area contributed by atoms with Crippen LogP contribution in [0.15, 0.2) is 77.8 Å². The highest BCUT2D eigenvalue weighted by Crippen LogP contribution is 2.34. The van der Waals surface area contributed by atoms with Gasteiger partial charge < -0.3 is 19.9 Å². The highest BCUT2D eigenvalue weighted by molar-refractivity contribution is 7.13. The molecule has 0 bridgehead atoms. The van der Waals surface area contributed by atoms with Crippen LogP contribution >= 0.6 is 34.3 Å². The van der Waals surface area contributed by atoms with Crippen molar-refractivity contribution >= 4 is 52.2 Å². The van der Waals surface area contributed by atoms with E-state index in [4.69, 9.17) is 16.7 Å². The van der Waals surface area contributed by atoms with Crippen molar-refractivity contribution in [2.75, 3.05) is 0 Å². The Balaban J connectivity index is 0.000000212. The minimum atomic E-state index is -1.18. The Hall–Kier alpha value is -4.25. The zero-order valence-electron chi connectivity index (χ0n) is 20.4. The first kappa shape index (κ1) is 27.8. The average molecular weight is 581 g/mol. The quantitative estimate of drug-likeness (QED) is 0.187. The van der Waals surface area contributed by atoms with Crippen LogP contribution in [0.1, 0.15) is 41.5 Å². The number of benzene rings is 2. The fourth-order valence-corrected chi connectivity index (χ4v) is 5.58. The van der Waals surface area contributed by atoms with Crippen LogP contribution in [0.3, 0.4) is 0 Å². The first-order chi connectivity index (χ1) is 18.6. The number of carboxylic acid groups (broad SMARTS) is 3. The molecule has 0 fully saturated rings. The van der Waals surface area contributed by atoms with Crippen LogP contribution in [0.25, 0.3) is 21.8 Å². The number of thiazole rings is 1. The lowest BCUT2D eigenvalue weighted by molar-refractivity contribution is 0.0681. The van der Waals surface area contributed by atoms with Gasteiger partial charge in [0.05, 0.1) is 34.0 Å². The van der Waals surface area contributed by atoms with E-state index in [-0.39, 0.29) is 16.7 Å².